The zero-order valence-corrected chi connectivity index (χ0v) is 7.56. The first-order chi connectivity index (χ1) is 7.10. The van der Waals surface area contributed by atoms with Crippen molar-refractivity contribution < 1.29 is 18.8 Å². The van der Waals surface area contributed by atoms with E-state index in [0.717, 1.165) is 18.2 Å². The molecule has 0 saturated heterocycles. The number of hydrogen-bond donors (Lipinski definition) is 0. The highest BCUT2D eigenvalue weighted by Gasteiger charge is 2.18. The van der Waals surface area contributed by atoms with Crippen LogP contribution in [-0.4, -0.2) is 18.1 Å². The van der Waals surface area contributed by atoms with Gasteiger partial charge in [0.25, 0.3) is 5.69 Å². The Hall–Kier alpha value is -2.27. The largest absolute Gasteiger partial charge is 0.493 e. The normalized spacial score (nSPS) is 9.20. The second kappa shape index (κ2) is 4.30. The highest BCUT2D eigenvalue weighted by molar-refractivity contribution is 5.64. The van der Waals surface area contributed by atoms with Gasteiger partial charge in [-0.2, -0.15) is 4.99 Å². The molecule has 0 aliphatic carbocycles. The molecule has 0 unspecified atom stereocenters. The summed E-state index contributed by atoms with van der Waals surface area (Å²) < 4.78 is 17.6. The summed E-state index contributed by atoms with van der Waals surface area (Å²) in [7, 11) is 1.17. The van der Waals surface area contributed by atoms with Crippen molar-refractivity contribution in [2.45, 2.75) is 0 Å². The Bertz CT molecular complexity index is 454. The minimum Gasteiger partial charge on any atom is -0.493 e. The molecule has 0 spiro atoms. The Morgan fingerprint density at radius 3 is 2.73 bits per heavy atom. The first kappa shape index (κ1) is 10.8. The first-order valence-electron chi connectivity index (χ1n) is 3.70. The van der Waals surface area contributed by atoms with Gasteiger partial charge in [-0.15, -0.1) is 0 Å². The van der Waals surface area contributed by atoms with Gasteiger partial charge in [-0.3, -0.25) is 10.1 Å². The molecule has 0 radical (unpaired) electrons. The number of methoxy groups -OCH3 is 1. The fraction of sp³-hybridized carbons (Fsp3) is 0.125. The minimum absolute atomic E-state index is 0.286. The Kier molecular flexibility index (Phi) is 3.10. The summed E-state index contributed by atoms with van der Waals surface area (Å²) in [5.74, 6) is -1.12. The van der Waals surface area contributed by atoms with Gasteiger partial charge in [-0.25, -0.2) is 9.18 Å². The second-order valence-corrected chi connectivity index (χ2v) is 2.44. The molecule has 0 aliphatic heterocycles. The molecule has 78 valence electrons. The molecule has 0 heterocycles. The number of isocyanates is 1. The van der Waals surface area contributed by atoms with Crippen molar-refractivity contribution in [3.05, 3.63) is 28.1 Å². The quantitative estimate of drug-likeness (QED) is 0.330. The van der Waals surface area contributed by atoms with Crippen LogP contribution < -0.4 is 4.74 Å². The van der Waals surface area contributed by atoms with Crippen molar-refractivity contribution in [1.82, 2.24) is 0 Å². The summed E-state index contributed by atoms with van der Waals surface area (Å²) in [5, 5.41) is 10.5. The van der Waals surface area contributed by atoms with Gasteiger partial charge in [-0.1, -0.05) is 0 Å². The van der Waals surface area contributed by atoms with Crippen LogP contribution in [0, 0.1) is 15.9 Å². The molecule has 0 aliphatic rings. The van der Waals surface area contributed by atoms with E-state index >= 15 is 0 Å². The average Bonchev–Trinajstić information content (AvgIpc) is 2.18. The van der Waals surface area contributed by atoms with Crippen molar-refractivity contribution in [3.8, 4) is 5.75 Å². The van der Waals surface area contributed by atoms with Crippen molar-refractivity contribution in [2.75, 3.05) is 7.11 Å². The molecular formula is C8H5FN2O4. The molecule has 1 aromatic carbocycles. The predicted molar refractivity (Wildman–Crippen MR) is 47.4 cm³/mol. The zero-order chi connectivity index (χ0) is 11.4. The molecule has 6 nitrogen and oxygen atoms in total. The number of rotatable bonds is 3. The van der Waals surface area contributed by atoms with Crippen LogP contribution in [0.1, 0.15) is 0 Å². The van der Waals surface area contributed by atoms with Gasteiger partial charge in [0.05, 0.1) is 18.1 Å². The predicted octanol–water partition coefficient (Wildman–Crippen LogP) is 1.71. The summed E-state index contributed by atoms with van der Waals surface area (Å²) in [6.07, 6.45) is 1.11. The monoisotopic (exact) mass is 212 g/mol. The lowest BCUT2D eigenvalue weighted by atomic mass is 10.2. The van der Waals surface area contributed by atoms with Crippen LogP contribution in [0.5, 0.6) is 5.75 Å². The van der Waals surface area contributed by atoms with E-state index in [4.69, 9.17) is 0 Å². The number of benzene rings is 1. The van der Waals surface area contributed by atoms with Crippen LogP contribution >= 0.6 is 0 Å². The van der Waals surface area contributed by atoms with Crippen LogP contribution in [0.4, 0.5) is 15.8 Å². The van der Waals surface area contributed by atoms with E-state index in [2.05, 4.69) is 9.73 Å². The van der Waals surface area contributed by atoms with Gasteiger partial charge in [0, 0.05) is 6.07 Å². The number of nitrogens with zero attached hydrogens (tertiary/aromatic N) is 2. The molecule has 15 heavy (non-hydrogen) atoms. The average molecular weight is 212 g/mol. The highest BCUT2D eigenvalue weighted by Crippen LogP contribution is 2.33. The maximum Gasteiger partial charge on any atom is 0.299 e. The summed E-state index contributed by atoms with van der Waals surface area (Å²) >= 11 is 0. The zero-order valence-electron chi connectivity index (χ0n) is 7.56. The van der Waals surface area contributed by atoms with E-state index in [9.17, 15) is 19.3 Å². The van der Waals surface area contributed by atoms with Crippen molar-refractivity contribution in [3.63, 3.8) is 0 Å². The van der Waals surface area contributed by atoms with Crippen LogP contribution in [0.25, 0.3) is 0 Å². The number of nitro benzene ring substituents is 1. The summed E-state index contributed by atoms with van der Waals surface area (Å²) in [6.45, 7) is 0. The van der Waals surface area contributed by atoms with E-state index < -0.39 is 22.1 Å². The molecule has 1 rings (SSSR count). The number of halogens is 1. The molecular weight excluding hydrogens is 207 g/mol. The van der Waals surface area contributed by atoms with Crippen LogP contribution in [0.2, 0.25) is 0 Å². The molecule has 1 aromatic rings. The van der Waals surface area contributed by atoms with E-state index in [-0.39, 0.29) is 5.75 Å². The van der Waals surface area contributed by atoms with E-state index in [0.29, 0.717) is 0 Å². The van der Waals surface area contributed by atoms with Crippen LogP contribution in [-0.2, 0) is 4.79 Å². The minimum atomic E-state index is -0.836. The highest BCUT2D eigenvalue weighted by atomic mass is 19.1. The van der Waals surface area contributed by atoms with Gasteiger partial charge in [-0.05, 0) is 0 Å². The standard InChI is InChI=1S/C8H5FN2O4/c1-15-8-3-7(11(13)14)6(10-4-12)2-5(8)9/h2-3H,1H3. The first-order valence-corrected chi connectivity index (χ1v) is 3.70. The van der Waals surface area contributed by atoms with E-state index in [1.54, 1.807) is 0 Å². The number of carbonyl (C=O) groups excluding carboxylic acids is 1. The van der Waals surface area contributed by atoms with Crippen molar-refractivity contribution >= 4 is 17.5 Å². The Morgan fingerprint density at radius 1 is 1.60 bits per heavy atom. The molecule has 0 bridgehead atoms. The molecule has 0 aromatic heterocycles. The molecule has 0 saturated carbocycles. The Morgan fingerprint density at radius 2 is 2.27 bits per heavy atom. The van der Waals surface area contributed by atoms with Crippen molar-refractivity contribution in [2.24, 2.45) is 4.99 Å². The number of aliphatic imine (C=N–C) groups is 1. The third-order valence-electron chi connectivity index (χ3n) is 1.61. The fourth-order valence-electron chi connectivity index (χ4n) is 0.974. The summed E-state index contributed by atoms with van der Waals surface area (Å²) in [5.41, 5.74) is -0.912. The molecule has 0 atom stereocenters. The number of nitro groups is 1. The molecule has 7 heteroatoms. The summed E-state index contributed by atoms with van der Waals surface area (Å²) in [4.78, 5) is 22.7. The van der Waals surface area contributed by atoms with Crippen LogP contribution in [0.15, 0.2) is 17.1 Å². The Labute approximate surface area is 83.2 Å². The number of ether oxygens (including phenoxy) is 1. The molecule has 0 N–H and O–H groups in total. The maximum absolute atomic E-state index is 13.1. The third kappa shape index (κ3) is 2.15. The summed E-state index contributed by atoms with van der Waals surface area (Å²) in [6, 6.07) is 1.59. The third-order valence-corrected chi connectivity index (χ3v) is 1.61. The van der Waals surface area contributed by atoms with E-state index in [1.807, 2.05) is 0 Å². The molecule has 0 amide bonds. The number of hydrogen-bond acceptors (Lipinski definition) is 5. The smallest absolute Gasteiger partial charge is 0.299 e. The lowest BCUT2D eigenvalue weighted by Crippen LogP contribution is -1.93. The van der Waals surface area contributed by atoms with Gasteiger partial charge in [0.15, 0.2) is 17.3 Å². The van der Waals surface area contributed by atoms with Crippen LogP contribution in [0.3, 0.4) is 0 Å². The second-order valence-electron chi connectivity index (χ2n) is 2.44. The lowest BCUT2D eigenvalue weighted by molar-refractivity contribution is -0.384. The van der Waals surface area contributed by atoms with E-state index in [1.165, 1.54) is 7.11 Å². The maximum atomic E-state index is 13.1. The lowest BCUT2D eigenvalue weighted by Gasteiger charge is -2.02. The van der Waals surface area contributed by atoms with Gasteiger partial charge >= 0.3 is 0 Å². The Balaban J connectivity index is 3.44. The van der Waals surface area contributed by atoms with Gasteiger partial charge in [0.1, 0.15) is 0 Å². The van der Waals surface area contributed by atoms with Gasteiger partial charge < -0.3 is 4.74 Å². The SMILES string of the molecule is COc1cc([N+](=O)[O-])c(N=C=O)cc1F. The molecule has 0 fully saturated rings. The van der Waals surface area contributed by atoms with Gasteiger partial charge in [0.2, 0.25) is 6.08 Å². The topological polar surface area (TPSA) is 81.8 Å². The van der Waals surface area contributed by atoms with Crippen molar-refractivity contribution in [1.29, 1.82) is 0 Å². The fourth-order valence-corrected chi connectivity index (χ4v) is 0.974.